The van der Waals surface area contributed by atoms with Gasteiger partial charge in [0.05, 0.1) is 13.2 Å². The lowest BCUT2D eigenvalue weighted by Gasteiger charge is -2.15. The van der Waals surface area contributed by atoms with Gasteiger partial charge in [0, 0.05) is 19.2 Å². The van der Waals surface area contributed by atoms with Crippen LogP contribution in [0, 0.1) is 6.92 Å². The zero-order valence-electron chi connectivity index (χ0n) is 16.8. The third-order valence-corrected chi connectivity index (χ3v) is 4.40. The van der Waals surface area contributed by atoms with Crippen LogP contribution >= 0.6 is 23.2 Å². The van der Waals surface area contributed by atoms with Crippen LogP contribution in [0.1, 0.15) is 50.2 Å². The Kier molecular flexibility index (Phi) is 13.6. The third kappa shape index (κ3) is 10.8. The van der Waals surface area contributed by atoms with Crippen molar-refractivity contribution in [2.24, 2.45) is 5.16 Å². The van der Waals surface area contributed by atoms with Crippen LogP contribution in [0.3, 0.4) is 0 Å². The number of oxime groups is 1. The van der Waals surface area contributed by atoms with Gasteiger partial charge in [0.1, 0.15) is 22.6 Å². The van der Waals surface area contributed by atoms with E-state index in [4.69, 9.17) is 42.6 Å². The van der Waals surface area contributed by atoms with Crippen molar-refractivity contribution in [3.05, 3.63) is 33.8 Å². The number of hydrogen-bond donors (Lipinski definition) is 1. The SMILES string of the molecule is CCc1cc(OCC=C(Cl)Cl)cc(C)c1OCCCCCCOCCC=NO. The summed E-state index contributed by atoms with van der Waals surface area (Å²) in [5, 5.41) is 11.2. The molecule has 1 aromatic rings. The molecule has 1 aromatic carbocycles. The molecule has 158 valence electrons. The second-order valence-electron chi connectivity index (χ2n) is 6.35. The molecule has 1 N–H and O–H groups in total. The topological polar surface area (TPSA) is 60.3 Å². The average molecular weight is 432 g/mol. The second kappa shape index (κ2) is 15.5. The summed E-state index contributed by atoms with van der Waals surface area (Å²) < 4.78 is 17.4. The standard InChI is InChI=1S/C21H31Cl2NO4/c1-3-18-16-19(27-14-9-20(22)23)15-17(2)21(18)28-13-7-5-4-6-11-26-12-8-10-24-25/h9-10,15-16,25H,3-8,11-14H2,1-2H3. The van der Waals surface area contributed by atoms with Gasteiger partial charge < -0.3 is 19.4 Å². The summed E-state index contributed by atoms with van der Waals surface area (Å²) in [5.74, 6) is 1.74. The van der Waals surface area contributed by atoms with Crippen LogP contribution in [-0.2, 0) is 11.2 Å². The van der Waals surface area contributed by atoms with Crippen LogP contribution in [-0.4, -0.2) is 37.8 Å². The van der Waals surface area contributed by atoms with Gasteiger partial charge in [0.25, 0.3) is 0 Å². The average Bonchev–Trinajstić information content (AvgIpc) is 2.66. The fourth-order valence-electron chi connectivity index (χ4n) is 2.69. The molecule has 0 heterocycles. The fraction of sp³-hybridized carbons (Fsp3) is 0.571. The molecule has 0 unspecified atom stereocenters. The normalized spacial score (nSPS) is 11.0. The van der Waals surface area contributed by atoms with Crippen molar-refractivity contribution in [3.8, 4) is 11.5 Å². The Morgan fingerprint density at radius 3 is 2.50 bits per heavy atom. The van der Waals surface area contributed by atoms with Crippen LogP contribution in [0.4, 0.5) is 0 Å². The minimum absolute atomic E-state index is 0.204. The van der Waals surface area contributed by atoms with Crippen molar-refractivity contribution in [1.82, 2.24) is 0 Å². The largest absolute Gasteiger partial charge is 0.493 e. The highest BCUT2D eigenvalue weighted by atomic mass is 35.5. The Morgan fingerprint density at radius 2 is 1.82 bits per heavy atom. The van der Waals surface area contributed by atoms with Crippen LogP contribution in [0.15, 0.2) is 27.9 Å². The van der Waals surface area contributed by atoms with Crippen LogP contribution in [0.25, 0.3) is 0 Å². The molecular weight excluding hydrogens is 401 g/mol. The lowest BCUT2D eigenvalue weighted by atomic mass is 10.1. The number of ether oxygens (including phenoxy) is 3. The summed E-state index contributed by atoms with van der Waals surface area (Å²) in [4.78, 5) is 0. The molecule has 0 aliphatic heterocycles. The number of nitrogens with zero attached hydrogens (tertiary/aromatic N) is 1. The lowest BCUT2D eigenvalue weighted by molar-refractivity contribution is 0.136. The molecule has 0 aliphatic carbocycles. The van der Waals surface area contributed by atoms with Crippen LogP contribution in [0.2, 0.25) is 0 Å². The number of aryl methyl sites for hydroxylation is 2. The maximum atomic E-state index is 8.27. The predicted molar refractivity (Wildman–Crippen MR) is 116 cm³/mol. The number of hydrogen-bond acceptors (Lipinski definition) is 5. The molecule has 0 aliphatic rings. The van der Waals surface area contributed by atoms with E-state index in [1.807, 2.05) is 19.1 Å². The first-order valence-corrected chi connectivity index (χ1v) is 10.5. The molecule has 1 rings (SSSR count). The maximum absolute atomic E-state index is 8.27. The summed E-state index contributed by atoms with van der Waals surface area (Å²) >= 11 is 11.2. The molecule has 28 heavy (non-hydrogen) atoms. The van der Waals surface area contributed by atoms with Crippen molar-refractivity contribution in [2.75, 3.05) is 26.4 Å². The number of halogens is 2. The smallest absolute Gasteiger partial charge is 0.125 e. The fourth-order valence-corrected chi connectivity index (χ4v) is 2.82. The first-order chi connectivity index (χ1) is 13.6. The highest BCUT2D eigenvalue weighted by Gasteiger charge is 2.09. The van der Waals surface area contributed by atoms with Gasteiger partial charge in [-0.25, -0.2) is 0 Å². The predicted octanol–water partition coefficient (Wildman–Crippen LogP) is 6.06. The van der Waals surface area contributed by atoms with E-state index < -0.39 is 0 Å². The van der Waals surface area contributed by atoms with Gasteiger partial charge in [-0.2, -0.15) is 0 Å². The monoisotopic (exact) mass is 431 g/mol. The summed E-state index contributed by atoms with van der Waals surface area (Å²) in [6.07, 6.45) is 8.83. The highest BCUT2D eigenvalue weighted by Crippen LogP contribution is 2.30. The molecule has 0 bridgehead atoms. The summed E-state index contributed by atoms with van der Waals surface area (Å²) in [6, 6.07) is 3.99. The highest BCUT2D eigenvalue weighted by molar-refractivity contribution is 6.55. The molecule has 0 atom stereocenters. The molecule has 0 spiro atoms. The first-order valence-electron chi connectivity index (χ1n) is 9.72. The lowest BCUT2D eigenvalue weighted by Crippen LogP contribution is -2.04. The van der Waals surface area contributed by atoms with Crippen LogP contribution in [0.5, 0.6) is 11.5 Å². The Morgan fingerprint density at radius 1 is 1.07 bits per heavy atom. The van der Waals surface area contributed by atoms with Gasteiger partial charge >= 0.3 is 0 Å². The number of unbranched alkanes of at least 4 members (excludes halogenated alkanes) is 3. The Balaban J connectivity index is 2.30. The van der Waals surface area contributed by atoms with E-state index in [0.717, 1.165) is 61.3 Å². The van der Waals surface area contributed by atoms with Crippen molar-refractivity contribution < 1.29 is 19.4 Å². The molecular formula is C21H31Cl2NO4. The Hall–Kier alpha value is -1.43. The second-order valence-corrected chi connectivity index (χ2v) is 7.36. The van der Waals surface area contributed by atoms with Crippen molar-refractivity contribution in [2.45, 2.75) is 52.4 Å². The minimum Gasteiger partial charge on any atom is -0.493 e. The molecule has 0 aromatic heterocycles. The molecule has 7 heteroatoms. The zero-order valence-corrected chi connectivity index (χ0v) is 18.3. The van der Waals surface area contributed by atoms with Crippen molar-refractivity contribution in [3.63, 3.8) is 0 Å². The van der Waals surface area contributed by atoms with Crippen LogP contribution < -0.4 is 9.47 Å². The van der Waals surface area contributed by atoms with E-state index in [-0.39, 0.29) is 4.49 Å². The van der Waals surface area contributed by atoms with E-state index in [1.165, 1.54) is 6.21 Å². The van der Waals surface area contributed by atoms with E-state index in [1.54, 1.807) is 6.08 Å². The number of benzene rings is 1. The summed E-state index contributed by atoms with van der Waals surface area (Å²) in [6.45, 7) is 6.51. The molecule has 0 saturated carbocycles. The van der Waals surface area contributed by atoms with E-state index in [2.05, 4.69) is 12.1 Å². The number of rotatable bonds is 15. The Bertz CT molecular complexity index is 617. The van der Waals surface area contributed by atoms with Gasteiger partial charge in [-0.05, 0) is 61.9 Å². The molecule has 0 saturated heterocycles. The van der Waals surface area contributed by atoms with E-state index >= 15 is 0 Å². The molecule has 0 fully saturated rings. The molecule has 0 radical (unpaired) electrons. The first kappa shape index (κ1) is 24.6. The minimum atomic E-state index is 0.204. The maximum Gasteiger partial charge on any atom is 0.125 e. The molecule has 0 amide bonds. The van der Waals surface area contributed by atoms with Gasteiger partial charge in [-0.15, -0.1) is 5.16 Å². The van der Waals surface area contributed by atoms with E-state index in [0.29, 0.717) is 26.2 Å². The van der Waals surface area contributed by atoms with Crippen molar-refractivity contribution >= 4 is 29.4 Å². The molecule has 5 nitrogen and oxygen atoms in total. The van der Waals surface area contributed by atoms with Gasteiger partial charge in [-0.1, -0.05) is 36.5 Å². The third-order valence-electron chi connectivity index (χ3n) is 4.10. The van der Waals surface area contributed by atoms with Crippen molar-refractivity contribution in [1.29, 1.82) is 0 Å². The summed E-state index contributed by atoms with van der Waals surface area (Å²) in [5.41, 5.74) is 2.20. The van der Waals surface area contributed by atoms with Gasteiger partial charge in [0.15, 0.2) is 0 Å². The zero-order chi connectivity index (χ0) is 20.6. The van der Waals surface area contributed by atoms with Gasteiger partial charge in [-0.3, -0.25) is 0 Å². The Labute approximate surface area is 178 Å². The summed E-state index contributed by atoms with van der Waals surface area (Å²) in [7, 11) is 0. The quantitative estimate of drug-likeness (QED) is 0.158. The van der Waals surface area contributed by atoms with Gasteiger partial charge in [0.2, 0.25) is 0 Å². The van der Waals surface area contributed by atoms with E-state index in [9.17, 15) is 0 Å².